The van der Waals surface area contributed by atoms with Gasteiger partial charge in [0.2, 0.25) is 15.9 Å². The molecule has 7 heteroatoms. The van der Waals surface area contributed by atoms with Gasteiger partial charge < -0.3 is 11.1 Å². The van der Waals surface area contributed by atoms with Gasteiger partial charge in [-0.15, -0.1) is 0 Å². The summed E-state index contributed by atoms with van der Waals surface area (Å²) in [6.45, 7) is 2.35. The summed E-state index contributed by atoms with van der Waals surface area (Å²) >= 11 is 0. The molecule has 2 rings (SSSR count). The number of sulfonamides is 1. The number of hydrogen-bond acceptors (Lipinski definition) is 4. The molecular weight excluding hydrogens is 290 g/mol. The summed E-state index contributed by atoms with van der Waals surface area (Å²) in [4.78, 5) is 11.8. The lowest BCUT2D eigenvalue weighted by Gasteiger charge is -2.31. The highest BCUT2D eigenvalue weighted by atomic mass is 32.2. The second-order valence-corrected chi connectivity index (χ2v) is 6.51. The molecule has 1 atom stereocenters. The molecule has 1 unspecified atom stereocenters. The predicted molar refractivity (Wildman–Crippen MR) is 78.7 cm³/mol. The first kappa shape index (κ1) is 15.5. The third kappa shape index (κ3) is 3.24. The van der Waals surface area contributed by atoms with Crippen LogP contribution < -0.4 is 11.1 Å². The van der Waals surface area contributed by atoms with E-state index in [1.807, 2.05) is 0 Å². The van der Waals surface area contributed by atoms with E-state index in [2.05, 4.69) is 17.2 Å². The molecule has 3 N–H and O–H groups in total. The number of amides is 1. The Morgan fingerprint density at radius 1 is 1.48 bits per heavy atom. The molecule has 0 aromatic heterocycles. The van der Waals surface area contributed by atoms with Crippen molar-refractivity contribution in [1.82, 2.24) is 9.62 Å². The fourth-order valence-corrected chi connectivity index (χ4v) is 3.75. The number of rotatable bonds is 2. The average molecular weight is 307 g/mol. The standard InChI is InChI=1S/C14H17N3O3S/c1-11-14(18)16-8-9-17(11)21(19,20)13-6-2-4-12(10-13)5-3-7-15/h2,4,6,10-11H,7-9,15H2,1H3,(H,16,18). The summed E-state index contributed by atoms with van der Waals surface area (Å²) in [5, 5.41) is 2.64. The van der Waals surface area contributed by atoms with Crippen molar-refractivity contribution in [3.05, 3.63) is 29.8 Å². The Morgan fingerprint density at radius 2 is 2.24 bits per heavy atom. The summed E-state index contributed by atoms with van der Waals surface area (Å²) < 4.78 is 26.5. The minimum absolute atomic E-state index is 0.132. The first-order valence-corrected chi connectivity index (χ1v) is 7.99. The molecule has 1 aromatic carbocycles. The van der Waals surface area contributed by atoms with Crippen molar-refractivity contribution in [2.45, 2.75) is 17.9 Å². The lowest BCUT2D eigenvalue weighted by atomic mass is 10.2. The molecule has 0 radical (unpaired) electrons. The van der Waals surface area contributed by atoms with Gasteiger partial charge in [0.15, 0.2) is 0 Å². The number of benzene rings is 1. The van der Waals surface area contributed by atoms with Gasteiger partial charge in [0.25, 0.3) is 0 Å². The van der Waals surface area contributed by atoms with Crippen LogP contribution in [-0.4, -0.2) is 44.3 Å². The van der Waals surface area contributed by atoms with E-state index in [1.54, 1.807) is 19.1 Å². The van der Waals surface area contributed by atoms with Gasteiger partial charge in [-0.1, -0.05) is 17.9 Å². The fraction of sp³-hybridized carbons (Fsp3) is 0.357. The maximum Gasteiger partial charge on any atom is 0.243 e. The minimum atomic E-state index is -3.72. The summed E-state index contributed by atoms with van der Waals surface area (Å²) in [6, 6.07) is 5.62. The Bertz CT molecular complexity index is 704. The maximum absolute atomic E-state index is 12.6. The second kappa shape index (κ2) is 6.26. The van der Waals surface area contributed by atoms with Gasteiger partial charge in [-0.05, 0) is 25.1 Å². The van der Waals surface area contributed by atoms with Crippen molar-refractivity contribution >= 4 is 15.9 Å². The van der Waals surface area contributed by atoms with E-state index in [4.69, 9.17) is 5.73 Å². The summed E-state index contributed by atoms with van der Waals surface area (Å²) in [7, 11) is -3.72. The van der Waals surface area contributed by atoms with E-state index in [0.717, 1.165) is 0 Å². The molecule has 0 bridgehead atoms. The van der Waals surface area contributed by atoms with Crippen LogP contribution in [0.25, 0.3) is 0 Å². The largest absolute Gasteiger partial charge is 0.353 e. The molecule has 112 valence electrons. The average Bonchev–Trinajstić information content (AvgIpc) is 2.48. The van der Waals surface area contributed by atoms with Crippen LogP contribution in [0.15, 0.2) is 29.2 Å². The molecule has 6 nitrogen and oxygen atoms in total. The van der Waals surface area contributed by atoms with Crippen molar-refractivity contribution in [2.24, 2.45) is 5.73 Å². The first-order chi connectivity index (χ1) is 9.96. The second-order valence-electron chi connectivity index (χ2n) is 4.62. The summed E-state index contributed by atoms with van der Waals surface area (Å²) in [5.41, 5.74) is 5.89. The molecule has 1 fully saturated rings. The van der Waals surface area contributed by atoms with Gasteiger partial charge in [-0.3, -0.25) is 4.79 Å². The van der Waals surface area contributed by atoms with E-state index in [0.29, 0.717) is 12.1 Å². The number of nitrogens with zero attached hydrogens (tertiary/aromatic N) is 1. The van der Waals surface area contributed by atoms with Gasteiger partial charge in [-0.2, -0.15) is 4.31 Å². The van der Waals surface area contributed by atoms with Crippen molar-refractivity contribution in [3.8, 4) is 11.8 Å². The highest BCUT2D eigenvalue weighted by Gasteiger charge is 2.35. The SMILES string of the molecule is CC1C(=O)NCCN1S(=O)(=O)c1cccc(C#CCN)c1. The normalized spacial score (nSPS) is 19.5. The fourth-order valence-electron chi connectivity index (χ4n) is 2.11. The van der Waals surface area contributed by atoms with Crippen LogP contribution >= 0.6 is 0 Å². The Kier molecular flexibility index (Phi) is 4.63. The van der Waals surface area contributed by atoms with E-state index in [9.17, 15) is 13.2 Å². The summed E-state index contributed by atoms with van der Waals surface area (Å²) in [5.74, 6) is 5.20. The van der Waals surface area contributed by atoms with Crippen LogP contribution in [0.3, 0.4) is 0 Å². The molecular formula is C14H17N3O3S. The van der Waals surface area contributed by atoms with Gasteiger partial charge in [0, 0.05) is 18.7 Å². The Labute approximate surface area is 124 Å². The Morgan fingerprint density at radius 3 is 2.95 bits per heavy atom. The maximum atomic E-state index is 12.6. The van der Waals surface area contributed by atoms with E-state index in [1.165, 1.54) is 16.4 Å². The third-order valence-corrected chi connectivity index (χ3v) is 5.18. The zero-order valence-electron chi connectivity index (χ0n) is 11.7. The topological polar surface area (TPSA) is 92.5 Å². The smallest absolute Gasteiger partial charge is 0.243 e. The number of carbonyl (C=O) groups is 1. The van der Waals surface area contributed by atoms with E-state index >= 15 is 0 Å². The van der Waals surface area contributed by atoms with Crippen LogP contribution in [-0.2, 0) is 14.8 Å². The highest BCUT2D eigenvalue weighted by Crippen LogP contribution is 2.20. The lowest BCUT2D eigenvalue weighted by molar-refractivity contribution is -0.126. The zero-order valence-corrected chi connectivity index (χ0v) is 12.5. The third-order valence-electron chi connectivity index (χ3n) is 3.22. The van der Waals surface area contributed by atoms with Crippen LogP contribution in [0.5, 0.6) is 0 Å². The number of nitrogens with one attached hydrogen (secondary N) is 1. The molecule has 1 aliphatic heterocycles. The highest BCUT2D eigenvalue weighted by molar-refractivity contribution is 7.89. The molecule has 1 aliphatic rings. The van der Waals surface area contributed by atoms with Crippen LogP contribution in [0, 0.1) is 11.8 Å². The van der Waals surface area contributed by atoms with E-state index < -0.39 is 16.1 Å². The molecule has 0 saturated carbocycles. The van der Waals surface area contributed by atoms with Gasteiger partial charge in [-0.25, -0.2) is 8.42 Å². The minimum Gasteiger partial charge on any atom is -0.353 e. The Balaban J connectivity index is 2.37. The molecule has 1 aromatic rings. The van der Waals surface area contributed by atoms with Crippen LogP contribution in [0.2, 0.25) is 0 Å². The van der Waals surface area contributed by atoms with Crippen molar-refractivity contribution in [2.75, 3.05) is 19.6 Å². The quantitative estimate of drug-likeness (QED) is 0.721. The molecule has 1 saturated heterocycles. The Hall–Kier alpha value is -1.88. The van der Waals surface area contributed by atoms with Crippen molar-refractivity contribution < 1.29 is 13.2 Å². The number of hydrogen-bond donors (Lipinski definition) is 2. The monoisotopic (exact) mass is 307 g/mol. The van der Waals surface area contributed by atoms with Crippen molar-refractivity contribution in [1.29, 1.82) is 0 Å². The van der Waals surface area contributed by atoms with Crippen LogP contribution in [0.1, 0.15) is 12.5 Å². The molecule has 1 heterocycles. The predicted octanol–water partition coefficient (Wildman–Crippen LogP) is -0.494. The molecule has 1 amide bonds. The lowest BCUT2D eigenvalue weighted by Crippen LogP contribution is -2.55. The molecule has 0 spiro atoms. The number of nitrogens with two attached hydrogens (primary N) is 1. The van der Waals surface area contributed by atoms with Gasteiger partial charge in [0.1, 0.15) is 6.04 Å². The number of piperazine rings is 1. The first-order valence-electron chi connectivity index (χ1n) is 6.55. The molecule has 21 heavy (non-hydrogen) atoms. The summed E-state index contributed by atoms with van der Waals surface area (Å²) in [6.07, 6.45) is 0. The van der Waals surface area contributed by atoms with Gasteiger partial charge in [0.05, 0.1) is 11.4 Å². The van der Waals surface area contributed by atoms with Crippen molar-refractivity contribution in [3.63, 3.8) is 0 Å². The van der Waals surface area contributed by atoms with Gasteiger partial charge >= 0.3 is 0 Å². The van der Waals surface area contributed by atoms with Crippen LogP contribution in [0.4, 0.5) is 0 Å². The molecule has 0 aliphatic carbocycles. The zero-order chi connectivity index (χ0) is 15.5. The van der Waals surface area contributed by atoms with E-state index in [-0.39, 0.29) is 23.9 Å². The number of carbonyl (C=O) groups excluding carboxylic acids is 1.